The quantitative estimate of drug-likeness (QED) is 0.740. The van der Waals surface area contributed by atoms with Crippen LogP contribution in [0.4, 0.5) is 0 Å². The Bertz CT molecular complexity index is 310. The van der Waals surface area contributed by atoms with Crippen LogP contribution in [0.1, 0.15) is 16.8 Å². The van der Waals surface area contributed by atoms with E-state index in [0.29, 0.717) is 5.88 Å². The topological polar surface area (TPSA) is 22.1 Å². The third-order valence-corrected chi connectivity index (χ3v) is 3.17. The Morgan fingerprint density at radius 3 is 2.25 bits per heavy atom. The molecule has 0 aromatic carbocycles. The molecule has 0 bridgehead atoms. The second kappa shape index (κ2) is 3.44. The first-order valence-corrected chi connectivity index (χ1v) is 4.54. The Morgan fingerprint density at radius 2 is 1.75 bits per heavy atom. The Hall–Kier alpha value is -0.570. The highest BCUT2D eigenvalue weighted by atomic mass is 79.9. The van der Waals surface area contributed by atoms with Crippen LogP contribution in [0.3, 0.4) is 0 Å². The maximum absolute atomic E-state index is 5.12. The molecule has 0 aliphatic heterocycles. The molecule has 0 radical (unpaired) electrons. The van der Waals surface area contributed by atoms with E-state index >= 15 is 0 Å². The Kier molecular flexibility index (Phi) is 2.73. The predicted octanol–water partition coefficient (Wildman–Crippen LogP) is 2.78. The van der Waals surface area contributed by atoms with Crippen molar-refractivity contribution >= 4 is 15.9 Å². The normalized spacial score (nSPS) is 10.1. The number of halogens is 1. The Morgan fingerprint density at radius 1 is 1.17 bits per heavy atom. The summed E-state index contributed by atoms with van der Waals surface area (Å²) >= 11 is 3.50. The highest BCUT2D eigenvalue weighted by Gasteiger charge is 2.09. The van der Waals surface area contributed by atoms with Crippen LogP contribution >= 0.6 is 15.9 Å². The summed E-state index contributed by atoms with van der Waals surface area (Å²) in [5.74, 6) is 0.699. The van der Waals surface area contributed by atoms with Gasteiger partial charge in [-0.25, -0.2) is 4.98 Å². The summed E-state index contributed by atoms with van der Waals surface area (Å²) in [6, 6.07) is 0. The molecule has 0 saturated heterocycles. The zero-order valence-corrected chi connectivity index (χ0v) is 9.32. The molecule has 0 unspecified atom stereocenters. The van der Waals surface area contributed by atoms with Gasteiger partial charge in [-0.05, 0) is 42.3 Å². The first-order valence-electron chi connectivity index (χ1n) is 3.75. The van der Waals surface area contributed by atoms with E-state index in [1.54, 1.807) is 7.11 Å². The van der Waals surface area contributed by atoms with Crippen LogP contribution in [0, 0.1) is 20.8 Å². The summed E-state index contributed by atoms with van der Waals surface area (Å²) in [5.41, 5.74) is 3.23. The van der Waals surface area contributed by atoms with Crippen LogP contribution in [-0.4, -0.2) is 12.1 Å². The molecule has 0 N–H and O–H groups in total. The first kappa shape index (κ1) is 9.52. The summed E-state index contributed by atoms with van der Waals surface area (Å²) < 4.78 is 6.21. The molecule has 66 valence electrons. The number of pyridine rings is 1. The predicted molar refractivity (Wildman–Crippen MR) is 52.7 cm³/mol. The lowest BCUT2D eigenvalue weighted by atomic mass is 10.2. The zero-order valence-electron chi connectivity index (χ0n) is 7.73. The van der Waals surface area contributed by atoms with Crippen molar-refractivity contribution in [3.8, 4) is 5.88 Å². The molecule has 0 saturated carbocycles. The molecule has 0 aliphatic carbocycles. The molecular weight excluding hydrogens is 218 g/mol. The lowest BCUT2D eigenvalue weighted by molar-refractivity contribution is 0.393. The summed E-state index contributed by atoms with van der Waals surface area (Å²) in [6.45, 7) is 6.00. The molecule has 0 amide bonds. The molecule has 0 fully saturated rings. The molecule has 0 spiro atoms. The number of nitrogens with zero attached hydrogens (tertiary/aromatic N) is 1. The fourth-order valence-electron chi connectivity index (χ4n) is 1.05. The van der Waals surface area contributed by atoms with Crippen LogP contribution in [0.15, 0.2) is 4.47 Å². The van der Waals surface area contributed by atoms with Crippen molar-refractivity contribution in [1.82, 2.24) is 4.98 Å². The van der Waals surface area contributed by atoms with E-state index in [0.717, 1.165) is 15.7 Å². The van der Waals surface area contributed by atoms with Gasteiger partial charge in [0.25, 0.3) is 0 Å². The van der Waals surface area contributed by atoms with Crippen molar-refractivity contribution in [3.05, 3.63) is 21.3 Å². The maximum atomic E-state index is 5.12. The summed E-state index contributed by atoms with van der Waals surface area (Å²) in [4.78, 5) is 4.30. The van der Waals surface area contributed by atoms with Gasteiger partial charge in [-0.3, -0.25) is 0 Å². The smallest absolute Gasteiger partial charge is 0.217 e. The first-order chi connectivity index (χ1) is 5.57. The Labute approximate surface area is 81.1 Å². The average molecular weight is 230 g/mol. The van der Waals surface area contributed by atoms with Gasteiger partial charge in [0, 0.05) is 15.7 Å². The van der Waals surface area contributed by atoms with Gasteiger partial charge in [0.05, 0.1) is 7.11 Å². The van der Waals surface area contributed by atoms with Crippen molar-refractivity contribution in [2.75, 3.05) is 7.11 Å². The van der Waals surface area contributed by atoms with Crippen molar-refractivity contribution in [3.63, 3.8) is 0 Å². The third kappa shape index (κ3) is 1.46. The molecular formula is C9H12BrNO. The van der Waals surface area contributed by atoms with E-state index in [1.165, 1.54) is 5.56 Å². The monoisotopic (exact) mass is 229 g/mol. The second-order valence-corrected chi connectivity index (χ2v) is 3.56. The maximum Gasteiger partial charge on any atom is 0.217 e. The minimum absolute atomic E-state index is 0.699. The number of aromatic nitrogens is 1. The highest BCUT2D eigenvalue weighted by molar-refractivity contribution is 9.10. The van der Waals surface area contributed by atoms with Crippen molar-refractivity contribution in [2.45, 2.75) is 20.8 Å². The molecule has 2 nitrogen and oxygen atoms in total. The van der Waals surface area contributed by atoms with Gasteiger partial charge in [0.15, 0.2) is 0 Å². The molecule has 1 aromatic rings. The van der Waals surface area contributed by atoms with Gasteiger partial charge in [0.1, 0.15) is 0 Å². The van der Waals surface area contributed by atoms with Gasteiger partial charge in [-0.15, -0.1) is 0 Å². The lowest BCUT2D eigenvalue weighted by Crippen LogP contribution is -1.97. The number of ether oxygens (including phenoxy) is 1. The molecule has 1 heterocycles. The molecule has 12 heavy (non-hydrogen) atoms. The van der Waals surface area contributed by atoms with Crippen molar-refractivity contribution < 1.29 is 4.74 Å². The van der Waals surface area contributed by atoms with Gasteiger partial charge < -0.3 is 4.74 Å². The summed E-state index contributed by atoms with van der Waals surface area (Å²) in [6.07, 6.45) is 0. The fourth-order valence-corrected chi connectivity index (χ4v) is 1.51. The zero-order chi connectivity index (χ0) is 9.30. The Balaban J connectivity index is 3.39. The highest BCUT2D eigenvalue weighted by Crippen LogP contribution is 2.28. The van der Waals surface area contributed by atoms with Crippen LogP contribution in [0.2, 0.25) is 0 Å². The number of hydrogen-bond donors (Lipinski definition) is 0. The minimum atomic E-state index is 0.699. The van der Waals surface area contributed by atoms with Gasteiger partial charge >= 0.3 is 0 Å². The summed E-state index contributed by atoms with van der Waals surface area (Å²) in [7, 11) is 1.64. The van der Waals surface area contributed by atoms with Crippen LogP contribution in [0.5, 0.6) is 5.88 Å². The number of rotatable bonds is 1. The van der Waals surface area contributed by atoms with E-state index < -0.39 is 0 Å². The van der Waals surface area contributed by atoms with Gasteiger partial charge in [-0.1, -0.05) is 0 Å². The molecule has 0 aliphatic rings. The molecule has 1 rings (SSSR count). The van der Waals surface area contributed by atoms with E-state index in [4.69, 9.17) is 4.74 Å². The van der Waals surface area contributed by atoms with Crippen LogP contribution in [-0.2, 0) is 0 Å². The molecule has 0 atom stereocenters. The average Bonchev–Trinajstić information content (AvgIpc) is 2.08. The van der Waals surface area contributed by atoms with E-state index in [2.05, 4.69) is 20.9 Å². The van der Waals surface area contributed by atoms with E-state index in [1.807, 2.05) is 20.8 Å². The fraction of sp³-hybridized carbons (Fsp3) is 0.444. The van der Waals surface area contributed by atoms with E-state index in [-0.39, 0.29) is 0 Å². The lowest BCUT2D eigenvalue weighted by Gasteiger charge is -2.09. The van der Waals surface area contributed by atoms with Crippen molar-refractivity contribution in [2.24, 2.45) is 0 Å². The standard InChI is InChI=1S/C9H12BrNO/c1-5-7(3)11-9(12-4)6(2)8(5)10/h1-4H3. The van der Waals surface area contributed by atoms with Crippen molar-refractivity contribution in [1.29, 1.82) is 0 Å². The number of hydrogen-bond acceptors (Lipinski definition) is 2. The molecule has 3 heteroatoms. The number of methoxy groups -OCH3 is 1. The van der Waals surface area contributed by atoms with Gasteiger partial charge in [-0.2, -0.15) is 0 Å². The minimum Gasteiger partial charge on any atom is -0.481 e. The van der Waals surface area contributed by atoms with E-state index in [9.17, 15) is 0 Å². The third-order valence-electron chi connectivity index (χ3n) is 1.98. The SMILES string of the molecule is COc1nc(C)c(C)c(Br)c1C. The van der Waals surface area contributed by atoms with Crippen LogP contribution in [0.25, 0.3) is 0 Å². The largest absolute Gasteiger partial charge is 0.481 e. The van der Waals surface area contributed by atoms with Gasteiger partial charge in [0.2, 0.25) is 5.88 Å². The summed E-state index contributed by atoms with van der Waals surface area (Å²) in [5, 5.41) is 0. The van der Waals surface area contributed by atoms with Crippen LogP contribution < -0.4 is 4.74 Å². The second-order valence-electron chi connectivity index (χ2n) is 2.77. The number of aryl methyl sites for hydroxylation is 1. The molecule has 1 aromatic heterocycles.